The van der Waals surface area contributed by atoms with Gasteiger partial charge in [-0.3, -0.25) is 4.57 Å². The number of nitrogens with zero attached hydrogens (tertiary/aromatic N) is 3. The Morgan fingerprint density at radius 2 is 2.27 bits per heavy atom. The summed E-state index contributed by atoms with van der Waals surface area (Å²) >= 11 is 0. The van der Waals surface area contributed by atoms with Crippen molar-refractivity contribution < 1.29 is 9.13 Å². The zero-order valence-electron chi connectivity index (χ0n) is 12.0. The summed E-state index contributed by atoms with van der Waals surface area (Å²) in [5.74, 6) is 0.882. The summed E-state index contributed by atoms with van der Waals surface area (Å²) in [7, 11) is 0. The Morgan fingerprint density at radius 1 is 1.36 bits per heavy atom. The lowest BCUT2D eigenvalue weighted by molar-refractivity contribution is 0.291. The molecule has 1 atom stereocenters. The van der Waals surface area contributed by atoms with Crippen LogP contribution in [0.15, 0.2) is 35.1 Å². The molecule has 5 nitrogen and oxygen atoms in total. The number of hydrogen-bond donors (Lipinski definition) is 0. The Kier molecular flexibility index (Phi) is 3.10. The van der Waals surface area contributed by atoms with Gasteiger partial charge in [0.1, 0.15) is 18.2 Å². The third kappa shape index (κ3) is 2.24. The van der Waals surface area contributed by atoms with Gasteiger partial charge in [0.15, 0.2) is 0 Å². The van der Waals surface area contributed by atoms with E-state index in [1.54, 1.807) is 16.7 Å². The third-order valence-electron chi connectivity index (χ3n) is 4.31. The Bertz CT molecular complexity index is 774. The first-order valence-electron chi connectivity index (χ1n) is 7.46. The van der Waals surface area contributed by atoms with E-state index in [9.17, 15) is 9.18 Å². The van der Waals surface area contributed by atoms with Gasteiger partial charge in [0.05, 0.1) is 0 Å². The number of aromatic nitrogens is 2. The Hall–Kier alpha value is -2.37. The minimum atomic E-state index is -0.303. The molecular weight excluding hydrogens is 285 g/mol. The van der Waals surface area contributed by atoms with Gasteiger partial charge in [0.2, 0.25) is 5.88 Å². The molecule has 2 aliphatic rings. The topological polar surface area (TPSA) is 47.4 Å². The molecule has 0 bridgehead atoms. The van der Waals surface area contributed by atoms with Gasteiger partial charge in [-0.25, -0.2) is 9.18 Å². The van der Waals surface area contributed by atoms with E-state index in [-0.39, 0.29) is 18.1 Å². The van der Waals surface area contributed by atoms with E-state index in [2.05, 4.69) is 9.88 Å². The van der Waals surface area contributed by atoms with Gasteiger partial charge >= 0.3 is 5.69 Å². The van der Waals surface area contributed by atoms with Crippen LogP contribution in [-0.2, 0) is 13.2 Å². The van der Waals surface area contributed by atoms with Gasteiger partial charge in [-0.2, -0.15) is 4.98 Å². The van der Waals surface area contributed by atoms with Gasteiger partial charge in [-0.15, -0.1) is 0 Å². The van der Waals surface area contributed by atoms with E-state index < -0.39 is 0 Å². The molecule has 0 N–H and O–H groups in total. The van der Waals surface area contributed by atoms with E-state index in [4.69, 9.17) is 4.74 Å². The molecule has 0 spiro atoms. The van der Waals surface area contributed by atoms with Crippen LogP contribution in [-0.4, -0.2) is 22.1 Å². The van der Waals surface area contributed by atoms with Crippen LogP contribution < -0.4 is 15.3 Å². The summed E-state index contributed by atoms with van der Waals surface area (Å²) in [6, 6.07) is 8.43. The van der Waals surface area contributed by atoms with Crippen LogP contribution in [0.5, 0.6) is 5.88 Å². The molecule has 2 aromatic rings. The average Bonchev–Trinajstić information content (AvgIpc) is 3.07. The summed E-state index contributed by atoms with van der Waals surface area (Å²) in [6.07, 6.45) is 2.27. The maximum absolute atomic E-state index is 13.2. The fourth-order valence-corrected chi connectivity index (χ4v) is 3.28. The van der Waals surface area contributed by atoms with Crippen molar-refractivity contribution in [3.05, 3.63) is 52.2 Å². The van der Waals surface area contributed by atoms with Crippen LogP contribution >= 0.6 is 0 Å². The normalized spacial score (nSPS) is 19.1. The average molecular weight is 301 g/mol. The second kappa shape index (κ2) is 5.12. The van der Waals surface area contributed by atoms with Gasteiger partial charge in [-0.05, 0) is 30.5 Å². The second-order valence-corrected chi connectivity index (χ2v) is 5.75. The second-order valence-electron chi connectivity index (χ2n) is 5.75. The fraction of sp³-hybridized carbons (Fsp3) is 0.375. The van der Waals surface area contributed by atoms with Crippen molar-refractivity contribution >= 4 is 5.82 Å². The molecule has 22 heavy (non-hydrogen) atoms. The predicted molar refractivity (Wildman–Crippen MR) is 79.6 cm³/mol. The van der Waals surface area contributed by atoms with Crippen LogP contribution in [0, 0.1) is 5.82 Å². The monoisotopic (exact) mass is 301 g/mol. The highest BCUT2D eigenvalue weighted by atomic mass is 19.1. The highest BCUT2D eigenvalue weighted by Crippen LogP contribution is 2.32. The first kappa shape index (κ1) is 13.3. The first-order chi connectivity index (χ1) is 10.7. The fourth-order valence-electron chi connectivity index (χ4n) is 3.28. The van der Waals surface area contributed by atoms with Crippen molar-refractivity contribution in [2.45, 2.75) is 32.0 Å². The molecule has 2 aliphatic heterocycles. The Labute approximate surface area is 127 Å². The van der Waals surface area contributed by atoms with Crippen LogP contribution in [0.1, 0.15) is 18.4 Å². The van der Waals surface area contributed by atoms with Crippen molar-refractivity contribution in [2.75, 3.05) is 11.4 Å². The molecule has 1 fully saturated rings. The zero-order valence-corrected chi connectivity index (χ0v) is 12.0. The number of ether oxygens (including phenoxy) is 1. The maximum Gasteiger partial charge on any atom is 0.352 e. The number of rotatable bonds is 3. The quantitative estimate of drug-likeness (QED) is 0.869. The van der Waals surface area contributed by atoms with Gasteiger partial charge in [-0.1, -0.05) is 12.1 Å². The molecule has 0 radical (unpaired) electrons. The molecule has 0 unspecified atom stereocenters. The number of hydrogen-bond acceptors (Lipinski definition) is 4. The van der Waals surface area contributed by atoms with Crippen molar-refractivity contribution in [1.29, 1.82) is 0 Å². The third-order valence-corrected chi connectivity index (χ3v) is 4.31. The standard InChI is InChI=1S/C16H16FN3O2/c17-12-4-1-3-11(7-12)10-22-14-8-15-19-6-2-5-13(19)9-20(15)16(21)18-14/h1,3-4,7-8,13H,2,5-6,9-10H2/t13-/m0/s1. The van der Waals surface area contributed by atoms with E-state index >= 15 is 0 Å². The molecule has 0 aliphatic carbocycles. The summed E-state index contributed by atoms with van der Waals surface area (Å²) < 4.78 is 20.4. The molecule has 1 saturated heterocycles. The highest BCUT2D eigenvalue weighted by molar-refractivity contribution is 5.48. The summed E-state index contributed by atoms with van der Waals surface area (Å²) in [5, 5.41) is 0. The lowest BCUT2D eigenvalue weighted by Crippen LogP contribution is -2.24. The lowest BCUT2D eigenvalue weighted by atomic mass is 10.2. The van der Waals surface area contributed by atoms with Gasteiger partial charge < -0.3 is 9.64 Å². The molecule has 114 valence electrons. The summed E-state index contributed by atoms with van der Waals surface area (Å²) in [5.41, 5.74) is 0.433. The molecule has 0 saturated carbocycles. The maximum atomic E-state index is 13.2. The Morgan fingerprint density at radius 3 is 3.14 bits per heavy atom. The van der Waals surface area contributed by atoms with Crippen molar-refractivity contribution in [3.8, 4) is 5.88 Å². The summed E-state index contributed by atoms with van der Waals surface area (Å²) in [6.45, 7) is 1.87. The van der Waals surface area contributed by atoms with Gasteiger partial charge in [0.25, 0.3) is 0 Å². The smallest absolute Gasteiger partial charge is 0.352 e. The largest absolute Gasteiger partial charge is 0.473 e. The van der Waals surface area contributed by atoms with E-state index in [1.807, 2.05) is 6.07 Å². The van der Waals surface area contributed by atoms with Crippen LogP contribution in [0.25, 0.3) is 0 Å². The first-order valence-corrected chi connectivity index (χ1v) is 7.46. The Balaban J connectivity index is 1.57. The predicted octanol–water partition coefficient (Wildman–Crippen LogP) is 1.94. The van der Waals surface area contributed by atoms with E-state index in [1.165, 1.54) is 12.1 Å². The molecule has 4 rings (SSSR count). The van der Waals surface area contributed by atoms with Crippen molar-refractivity contribution in [3.63, 3.8) is 0 Å². The van der Waals surface area contributed by atoms with Crippen molar-refractivity contribution in [1.82, 2.24) is 9.55 Å². The van der Waals surface area contributed by atoms with Crippen LogP contribution in [0.4, 0.5) is 10.2 Å². The molecule has 0 amide bonds. The van der Waals surface area contributed by atoms with Crippen LogP contribution in [0.2, 0.25) is 0 Å². The molecule has 6 heteroatoms. The van der Waals surface area contributed by atoms with E-state index in [0.29, 0.717) is 24.0 Å². The van der Waals surface area contributed by atoms with Gasteiger partial charge in [0, 0.05) is 25.2 Å². The number of benzene rings is 1. The van der Waals surface area contributed by atoms with Crippen LogP contribution in [0.3, 0.4) is 0 Å². The number of fused-ring (bicyclic) bond motifs is 3. The van der Waals surface area contributed by atoms with E-state index in [0.717, 1.165) is 25.2 Å². The molecule has 1 aromatic carbocycles. The molecule has 1 aromatic heterocycles. The summed E-state index contributed by atoms with van der Waals surface area (Å²) in [4.78, 5) is 18.3. The number of anilines is 1. The minimum Gasteiger partial charge on any atom is -0.473 e. The minimum absolute atomic E-state index is 0.192. The lowest BCUT2D eigenvalue weighted by Gasteiger charge is -2.17. The molecule has 3 heterocycles. The van der Waals surface area contributed by atoms with Crippen molar-refractivity contribution in [2.24, 2.45) is 0 Å². The number of halogens is 1. The molecular formula is C16H16FN3O2. The highest BCUT2D eigenvalue weighted by Gasteiger charge is 2.34. The SMILES string of the molecule is O=c1nc(OCc2cccc(F)c2)cc2n1C[C@@H]1CCCN21. The zero-order chi connectivity index (χ0) is 15.1.